The Bertz CT molecular complexity index is 216. The Morgan fingerprint density at radius 1 is 1.64 bits per heavy atom. The van der Waals surface area contributed by atoms with Gasteiger partial charge in [-0.05, 0) is 18.3 Å². The van der Waals surface area contributed by atoms with Crippen LogP contribution in [-0.4, -0.2) is 36.5 Å². The van der Waals surface area contributed by atoms with Crippen molar-refractivity contribution >= 4 is 17.7 Å². The van der Waals surface area contributed by atoms with E-state index in [0.717, 1.165) is 36.4 Å². The van der Waals surface area contributed by atoms with Crippen molar-refractivity contribution in [1.29, 1.82) is 0 Å². The van der Waals surface area contributed by atoms with E-state index >= 15 is 0 Å². The largest absolute Gasteiger partial charge is 0.354 e. The van der Waals surface area contributed by atoms with Crippen LogP contribution in [-0.2, 0) is 4.79 Å². The van der Waals surface area contributed by atoms with E-state index in [0.29, 0.717) is 0 Å². The van der Waals surface area contributed by atoms with Crippen LogP contribution in [0.1, 0.15) is 13.3 Å². The number of carbonyl (C=O) groups is 1. The highest BCUT2D eigenvalue weighted by Crippen LogP contribution is 2.36. The highest BCUT2D eigenvalue weighted by Gasteiger charge is 2.33. The molecule has 1 heterocycles. The number of carbonyl (C=O) groups excluding carboxylic acids is 1. The number of hydrogen-bond donors (Lipinski definition) is 2. The molecular formula is C10H18N2OS. The number of nitrogens with one attached hydrogen (secondary N) is 2. The molecule has 2 rings (SSSR count). The Labute approximate surface area is 89.4 Å². The fourth-order valence-electron chi connectivity index (χ4n) is 1.77. The lowest BCUT2D eigenvalue weighted by atomic mass is 10.3. The second kappa shape index (κ2) is 4.53. The van der Waals surface area contributed by atoms with Crippen molar-refractivity contribution in [2.75, 3.05) is 24.6 Å². The van der Waals surface area contributed by atoms with E-state index in [1.807, 2.05) is 11.8 Å². The van der Waals surface area contributed by atoms with Gasteiger partial charge in [0.05, 0.1) is 6.04 Å². The lowest BCUT2D eigenvalue weighted by molar-refractivity contribution is -0.122. The van der Waals surface area contributed by atoms with Crippen LogP contribution in [0.25, 0.3) is 0 Å². The fourth-order valence-corrected chi connectivity index (χ4v) is 2.71. The van der Waals surface area contributed by atoms with Crippen molar-refractivity contribution in [3.05, 3.63) is 0 Å². The van der Waals surface area contributed by atoms with Crippen LogP contribution in [0.2, 0.25) is 0 Å². The average Bonchev–Trinajstić information content (AvgIpc) is 2.92. The Morgan fingerprint density at radius 3 is 3.00 bits per heavy atom. The molecule has 0 aromatic rings. The molecule has 0 spiro atoms. The molecule has 0 bridgehead atoms. The summed E-state index contributed by atoms with van der Waals surface area (Å²) < 4.78 is 0. The summed E-state index contributed by atoms with van der Waals surface area (Å²) >= 11 is 1.86. The molecule has 0 aromatic heterocycles. The maximum Gasteiger partial charge on any atom is 0.238 e. The summed E-state index contributed by atoms with van der Waals surface area (Å²) in [6.45, 7) is 4.08. The molecule has 3 atom stereocenters. The van der Waals surface area contributed by atoms with Crippen molar-refractivity contribution in [1.82, 2.24) is 10.6 Å². The molecule has 3 unspecified atom stereocenters. The molecule has 1 saturated heterocycles. The van der Waals surface area contributed by atoms with Crippen LogP contribution < -0.4 is 10.6 Å². The van der Waals surface area contributed by atoms with Crippen LogP contribution >= 0.6 is 11.8 Å². The molecule has 2 N–H and O–H groups in total. The summed E-state index contributed by atoms with van der Waals surface area (Å²) in [5.74, 6) is 3.81. The lowest BCUT2D eigenvalue weighted by Crippen LogP contribution is -2.49. The third-order valence-corrected chi connectivity index (χ3v) is 4.11. The molecular weight excluding hydrogens is 196 g/mol. The zero-order valence-electron chi connectivity index (χ0n) is 8.58. The molecule has 80 valence electrons. The minimum Gasteiger partial charge on any atom is -0.354 e. The van der Waals surface area contributed by atoms with Gasteiger partial charge in [-0.15, -0.1) is 0 Å². The molecule has 1 aliphatic carbocycles. The van der Waals surface area contributed by atoms with Crippen LogP contribution in [0.15, 0.2) is 0 Å². The Balaban J connectivity index is 1.66. The van der Waals surface area contributed by atoms with E-state index < -0.39 is 0 Å². The smallest absolute Gasteiger partial charge is 0.238 e. The van der Waals surface area contributed by atoms with E-state index in [-0.39, 0.29) is 11.9 Å². The first-order valence-corrected chi connectivity index (χ1v) is 6.51. The predicted molar refractivity (Wildman–Crippen MR) is 59.4 cm³/mol. The Morgan fingerprint density at radius 2 is 2.43 bits per heavy atom. The third-order valence-electron chi connectivity index (χ3n) is 3.05. The van der Waals surface area contributed by atoms with Gasteiger partial charge in [0, 0.05) is 24.6 Å². The molecule has 2 fully saturated rings. The monoisotopic (exact) mass is 214 g/mol. The topological polar surface area (TPSA) is 41.1 Å². The van der Waals surface area contributed by atoms with Gasteiger partial charge in [-0.25, -0.2) is 0 Å². The average molecular weight is 214 g/mol. The molecule has 1 saturated carbocycles. The van der Waals surface area contributed by atoms with Gasteiger partial charge >= 0.3 is 0 Å². The SMILES string of the molecule is CC1CC1CNC(=O)C1CSCCN1. The Kier molecular flexibility index (Phi) is 3.34. The van der Waals surface area contributed by atoms with Gasteiger partial charge < -0.3 is 10.6 Å². The quantitative estimate of drug-likeness (QED) is 0.717. The number of thioether (sulfide) groups is 1. The van der Waals surface area contributed by atoms with E-state index in [4.69, 9.17) is 0 Å². The van der Waals surface area contributed by atoms with Gasteiger partial charge in [-0.3, -0.25) is 4.79 Å². The summed E-state index contributed by atoms with van der Waals surface area (Å²) in [5, 5.41) is 6.27. The second-order valence-corrected chi connectivity index (χ2v) is 5.45. The third kappa shape index (κ3) is 2.64. The molecule has 14 heavy (non-hydrogen) atoms. The maximum atomic E-state index is 11.7. The van der Waals surface area contributed by atoms with E-state index in [1.165, 1.54) is 6.42 Å². The van der Waals surface area contributed by atoms with Crippen LogP contribution in [0.5, 0.6) is 0 Å². The Hall–Kier alpha value is -0.220. The van der Waals surface area contributed by atoms with Crippen molar-refractivity contribution in [2.45, 2.75) is 19.4 Å². The van der Waals surface area contributed by atoms with Gasteiger partial charge in [0.1, 0.15) is 0 Å². The van der Waals surface area contributed by atoms with Gasteiger partial charge in [0.25, 0.3) is 0 Å². The molecule has 2 aliphatic rings. The van der Waals surface area contributed by atoms with E-state index in [1.54, 1.807) is 0 Å². The summed E-state index contributed by atoms with van der Waals surface area (Å²) in [6, 6.07) is 0.0443. The highest BCUT2D eigenvalue weighted by atomic mass is 32.2. The first-order valence-electron chi connectivity index (χ1n) is 5.36. The molecule has 1 amide bonds. The van der Waals surface area contributed by atoms with Gasteiger partial charge in [0.15, 0.2) is 0 Å². The molecule has 4 heteroatoms. The molecule has 0 radical (unpaired) electrons. The van der Waals surface area contributed by atoms with Crippen LogP contribution in [0.4, 0.5) is 0 Å². The summed E-state index contributed by atoms with van der Waals surface area (Å²) in [6.07, 6.45) is 1.28. The summed E-state index contributed by atoms with van der Waals surface area (Å²) in [7, 11) is 0. The summed E-state index contributed by atoms with van der Waals surface area (Å²) in [4.78, 5) is 11.7. The van der Waals surface area contributed by atoms with Crippen molar-refractivity contribution in [3.8, 4) is 0 Å². The number of hydrogen-bond acceptors (Lipinski definition) is 3. The van der Waals surface area contributed by atoms with Gasteiger partial charge in [0.2, 0.25) is 5.91 Å². The first kappa shape index (κ1) is 10.3. The zero-order chi connectivity index (χ0) is 9.97. The number of amides is 1. The number of rotatable bonds is 3. The van der Waals surface area contributed by atoms with Crippen molar-refractivity contribution < 1.29 is 4.79 Å². The normalized spacial score (nSPS) is 36.5. The lowest BCUT2D eigenvalue weighted by Gasteiger charge is -2.22. The standard InChI is InChI=1S/C10H18N2OS/c1-7-4-8(7)5-12-10(13)9-6-14-3-2-11-9/h7-9,11H,2-6H2,1H3,(H,12,13). The first-order chi connectivity index (χ1) is 6.77. The highest BCUT2D eigenvalue weighted by molar-refractivity contribution is 7.99. The van der Waals surface area contributed by atoms with Crippen LogP contribution in [0, 0.1) is 11.8 Å². The maximum absolute atomic E-state index is 11.7. The van der Waals surface area contributed by atoms with E-state index in [2.05, 4.69) is 17.6 Å². The molecule has 1 aliphatic heterocycles. The summed E-state index contributed by atoms with van der Waals surface area (Å²) in [5.41, 5.74) is 0. The van der Waals surface area contributed by atoms with Gasteiger partial charge in [-0.2, -0.15) is 11.8 Å². The second-order valence-electron chi connectivity index (χ2n) is 4.30. The molecule has 3 nitrogen and oxygen atoms in total. The molecule has 0 aromatic carbocycles. The van der Waals surface area contributed by atoms with Crippen LogP contribution in [0.3, 0.4) is 0 Å². The fraction of sp³-hybridized carbons (Fsp3) is 0.900. The van der Waals surface area contributed by atoms with Crippen molar-refractivity contribution in [3.63, 3.8) is 0 Å². The van der Waals surface area contributed by atoms with E-state index in [9.17, 15) is 4.79 Å². The minimum absolute atomic E-state index is 0.0443. The minimum atomic E-state index is 0.0443. The zero-order valence-corrected chi connectivity index (χ0v) is 9.40. The van der Waals surface area contributed by atoms with Crippen molar-refractivity contribution in [2.24, 2.45) is 11.8 Å². The van der Waals surface area contributed by atoms with Gasteiger partial charge in [-0.1, -0.05) is 6.92 Å². The predicted octanol–water partition coefficient (Wildman–Crippen LogP) is 0.464.